The summed E-state index contributed by atoms with van der Waals surface area (Å²) in [6.07, 6.45) is 3.59. The summed E-state index contributed by atoms with van der Waals surface area (Å²) in [5, 5.41) is 8.74. The molecule has 1 aromatic carbocycles. The molecule has 0 N–H and O–H groups in total. The molecular weight excluding hydrogens is 366 g/mol. The van der Waals surface area contributed by atoms with Crippen LogP contribution in [-0.2, 0) is 27.2 Å². The molecule has 77 valence electrons. The smallest absolute Gasteiger partial charge is 0.0789 e. The summed E-state index contributed by atoms with van der Waals surface area (Å²) in [7, 11) is 1.91. The predicted octanol–water partition coefficient (Wildman–Crippen LogP) is 1.76. The summed E-state index contributed by atoms with van der Waals surface area (Å²) in [6, 6.07) is 10.4. The number of hydrogen-bond acceptors (Lipinski definition) is 2. The third-order valence-electron chi connectivity index (χ3n) is 1.99. The van der Waals surface area contributed by atoms with Gasteiger partial charge in [-0.2, -0.15) is 5.26 Å². The van der Waals surface area contributed by atoms with Crippen molar-refractivity contribution in [1.29, 1.82) is 5.26 Å². The van der Waals surface area contributed by atoms with Crippen LogP contribution in [0.15, 0.2) is 30.6 Å². The van der Waals surface area contributed by atoms with E-state index in [1.807, 2.05) is 17.8 Å². The summed E-state index contributed by atoms with van der Waals surface area (Å²) in [5.41, 5.74) is 1.47. The molecule has 0 unspecified atom stereocenters. The zero-order valence-electron chi connectivity index (χ0n) is 8.06. The zero-order valence-corrected chi connectivity index (χ0v) is 10.5. The van der Waals surface area contributed by atoms with Gasteiger partial charge in [0.1, 0.15) is 0 Å². The standard InChI is InChI=1S/C11H8N3.Ir/c1-14-6-5-13-11(14)10-4-2-3-9(7-10)8-12;/h2-3,5-7H,1H3;/q-1;. The number of nitrogens with zero attached hydrogens (tertiary/aromatic N) is 3. The van der Waals surface area contributed by atoms with Gasteiger partial charge in [0.15, 0.2) is 0 Å². The monoisotopic (exact) mass is 375 g/mol. The van der Waals surface area contributed by atoms with Gasteiger partial charge >= 0.3 is 0 Å². The number of rotatable bonds is 1. The Hall–Kier alpha value is -1.43. The topological polar surface area (TPSA) is 41.6 Å². The maximum Gasteiger partial charge on any atom is 0.0789 e. The molecule has 1 radical (unpaired) electrons. The van der Waals surface area contributed by atoms with Crippen molar-refractivity contribution in [2.24, 2.45) is 7.05 Å². The molecular formula is C11H8IrN3-. The van der Waals surface area contributed by atoms with Crippen molar-refractivity contribution in [3.63, 3.8) is 0 Å². The van der Waals surface area contributed by atoms with E-state index in [0.717, 1.165) is 11.4 Å². The largest absolute Gasteiger partial charge is 0.373 e. The second kappa shape index (κ2) is 4.88. The number of aryl methyl sites for hydroxylation is 1. The number of benzene rings is 1. The first-order valence-corrected chi connectivity index (χ1v) is 4.21. The van der Waals surface area contributed by atoms with Gasteiger partial charge in [-0.1, -0.05) is 0 Å². The molecule has 4 heteroatoms. The Morgan fingerprint density at radius 2 is 2.33 bits per heavy atom. The number of aromatic nitrogens is 2. The minimum atomic E-state index is 0. The molecule has 15 heavy (non-hydrogen) atoms. The number of nitriles is 1. The maximum atomic E-state index is 8.74. The Labute approximate surface area is 102 Å². The molecule has 0 amide bonds. The van der Waals surface area contributed by atoms with Crippen molar-refractivity contribution in [3.8, 4) is 17.5 Å². The van der Waals surface area contributed by atoms with Crippen molar-refractivity contribution in [1.82, 2.24) is 9.55 Å². The van der Waals surface area contributed by atoms with Crippen LogP contribution in [0.2, 0.25) is 0 Å². The first kappa shape index (κ1) is 11.6. The summed E-state index contributed by atoms with van der Waals surface area (Å²) in [5.74, 6) is 0.821. The summed E-state index contributed by atoms with van der Waals surface area (Å²) in [4.78, 5) is 4.18. The second-order valence-corrected chi connectivity index (χ2v) is 2.96. The van der Waals surface area contributed by atoms with E-state index in [2.05, 4.69) is 17.1 Å². The van der Waals surface area contributed by atoms with Gasteiger partial charge in [0.25, 0.3) is 0 Å². The minimum Gasteiger partial charge on any atom is -0.373 e. The van der Waals surface area contributed by atoms with Crippen molar-refractivity contribution in [2.45, 2.75) is 0 Å². The third kappa shape index (κ3) is 2.33. The Morgan fingerprint density at radius 1 is 1.53 bits per heavy atom. The quantitative estimate of drug-likeness (QED) is 0.714. The Morgan fingerprint density at radius 3 is 2.93 bits per heavy atom. The molecule has 1 heterocycles. The Kier molecular flexibility index (Phi) is 3.79. The molecule has 0 aliphatic heterocycles. The van der Waals surface area contributed by atoms with Crippen LogP contribution in [-0.4, -0.2) is 9.55 Å². The van der Waals surface area contributed by atoms with E-state index in [9.17, 15) is 0 Å². The first-order chi connectivity index (χ1) is 6.81. The molecule has 3 nitrogen and oxygen atoms in total. The van der Waals surface area contributed by atoms with Gasteiger partial charge in [-0.05, 0) is 5.56 Å². The van der Waals surface area contributed by atoms with Crippen LogP contribution in [0.4, 0.5) is 0 Å². The molecule has 1 aromatic heterocycles. The average Bonchev–Trinajstić information content (AvgIpc) is 2.65. The van der Waals surface area contributed by atoms with Crippen LogP contribution >= 0.6 is 0 Å². The summed E-state index contributed by atoms with van der Waals surface area (Å²) < 4.78 is 1.90. The molecule has 0 fully saturated rings. The Balaban J connectivity index is 0.00000112. The van der Waals surface area contributed by atoms with E-state index in [1.54, 1.807) is 24.4 Å². The van der Waals surface area contributed by atoms with Crippen molar-refractivity contribution in [3.05, 3.63) is 42.2 Å². The molecule has 0 atom stereocenters. The van der Waals surface area contributed by atoms with Crippen LogP contribution in [0, 0.1) is 17.4 Å². The Bertz CT molecular complexity index is 497. The van der Waals surface area contributed by atoms with Gasteiger partial charge in [0, 0.05) is 39.5 Å². The SMILES string of the molecule is Cn1ccnc1-c1[c-]ccc(C#N)c1.[Ir]. The third-order valence-corrected chi connectivity index (χ3v) is 1.99. The van der Waals surface area contributed by atoms with E-state index in [0.29, 0.717) is 5.56 Å². The molecule has 0 saturated carbocycles. The fourth-order valence-corrected chi connectivity index (χ4v) is 1.29. The molecule has 0 bridgehead atoms. The minimum absolute atomic E-state index is 0. The van der Waals surface area contributed by atoms with Gasteiger partial charge in [0.05, 0.1) is 11.9 Å². The first-order valence-electron chi connectivity index (χ1n) is 4.21. The number of imidazole rings is 1. The predicted molar refractivity (Wildman–Crippen MR) is 52.2 cm³/mol. The van der Waals surface area contributed by atoms with Crippen LogP contribution in [0.3, 0.4) is 0 Å². The average molecular weight is 374 g/mol. The van der Waals surface area contributed by atoms with Gasteiger partial charge in [-0.3, -0.25) is 4.98 Å². The molecule has 2 aromatic rings. The van der Waals surface area contributed by atoms with E-state index < -0.39 is 0 Å². The number of hydrogen-bond donors (Lipinski definition) is 0. The fourth-order valence-electron chi connectivity index (χ4n) is 1.29. The normalized spacial score (nSPS) is 9.07. The van der Waals surface area contributed by atoms with Crippen molar-refractivity contribution < 1.29 is 20.1 Å². The molecule has 0 aliphatic carbocycles. The molecule has 0 saturated heterocycles. The van der Waals surface area contributed by atoms with Gasteiger partial charge < -0.3 is 4.57 Å². The summed E-state index contributed by atoms with van der Waals surface area (Å²) in [6.45, 7) is 0. The maximum absolute atomic E-state index is 8.74. The van der Waals surface area contributed by atoms with Crippen LogP contribution in [0.25, 0.3) is 11.4 Å². The van der Waals surface area contributed by atoms with Crippen LogP contribution < -0.4 is 0 Å². The molecule has 2 rings (SSSR count). The van der Waals surface area contributed by atoms with E-state index in [1.165, 1.54) is 0 Å². The van der Waals surface area contributed by atoms with Gasteiger partial charge in [0.2, 0.25) is 0 Å². The van der Waals surface area contributed by atoms with Crippen molar-refractivity contribution >= 4 is 0 Å². The summed E-state index contributed by atoms with van der Waals surface area (Å²) >= 11 is 0. The van der Waals surface area contributed by atoms with Crippen LogP contribution in [0.1, 0.15) is 5.56 Å². The molecule has 0 spiro atoms. The molecule has 0 aliphatic rings. The van der Waals surface area contributed by atoms with E-state index in [-0.39, 0.29) is 20.1 Å². The zero-order chi connectivity index (χ0) is 9.97. The van der Waals surface area contributed by atoms with E-state index >= 15 is 0 Å². The van der Waals surface area contributed by atoms with Gasteiger partial charge in [-0.15, -0.1) is 29.8 Å². The van der Waals surface area contributed by atoms with Gasteiger partial charge in [-0.25, -0.2) is 0 Å². The van der Waals surface area contributed by atoms with Crippen molar-refractivity contribution in [2.75, 3.05) is 0 Å². The van der Waals surface area contributed by atoms with Crippen LogP contribution in [0.5, 0.6) is 0 Å². The van der Waals surface area contributed by atoms with E-state index in [4.69, 9.17) is 5.26 Å². The second-order valence-electron chi connectivity index (χ2n) is 2.96. The fraction of sp³-hybridized carbons (Fsp3) is 0.0909.